The minimum absolute atomic E-state index is 0.0811. The first kappa shape index (κ1) is 17.9. The van der Waals surface area contributed by atoms with E-state index >= 15 is 0 Å². The smallest absolute Gasteiger partial charge is 0.387 e. The van der Waals surface area contributed by atoms with Crippen molar-refractivity contribution >= 4 is 11.9 Å². The summed E-state index contributed by atoms with van der Waals surface area (Å²) >= 11 is 0. The van der Waals surface area contributed by atoms with Gasteiger partial charge in [-0.2, -0.15) is 8.78 Å². The van der Waals surface area contributed by atoms with Gasteiger partial charge < -0.3 is 24.2 Å². The molecule has 1 saturated heterocycles. The van der Waals surface area contributed by atoms with Gasteiger partial charge >= 0.3 is 12.6 Å². The van der Waals surface area contributed by atoms with Gasteiger partial charge in [-0.25, -0.2) is 0 Å². The molecule has 1 unspecified atom stereocenters. The summed E-state index contributed by atoms with van der Waals surface area (Å²) in [4.78, 5) is 24.7. The molecule has 9 heteroatoms. The highest BCUT2D eigenvalue weighted by Gasteiger charge is 2.27. The largest absolute Gasteiger partial charge is 0.493 e. The molecule has 1 aromatic rings. The molecule has 1 N–H and O–H groups in total. The van der Waals surface area contributed by atoms with E-state index in [0.717, 1.165) is 0 Å². The number of methoxy groups -OCH3 is 1. The van der Waals surface area contributed by atoms with E-state index in [-0.39, 0.29) is 43.2 Å². The third kappa shape index (κ3) is 4.54. The van der Waals surface area contributed by atoms with E-state index < -0.39 is 24.6 Å². The first-order valence-corrected chi connectivity index (χ1v) is 7.16. The number of amides is 1. The molecular formula is C15H17F2NO6. The van der Waals surface area contributed by atoms with E-state index in [1.54, 1.807) is 0 Å². The number of rotatable bonds is 6. The van der Waals surface area contributed by atoms with Crippen LogP contribution < -0.4 is 9.47 Å². The number of hydrogen-bond acceptors (Lipinski definition) is 5. The van der Waals surface area contributed by atoms with E-state index in [4.69, 9.17) is 14.6 Å². The molecule has 1 heterocycles. The van der Waals surface area contributed by atoms with Gasteiger partial charge in [0, 0.05) is 18.7 Å². The zero-order chi connectivity index (χ0) is 17.7. The number of carbonyl (C=O) groups excluding carboxylic acids is 1. The van der Waals surface area contributed by atoms with Crippen LogP contribution in [0.2, 0.25) is 0 Å². The number of alkyl halides is 2. The molecule has 2 rings (SSSR count). The zero-order valence-corrected chi connectivity index (χ0v) is 12.9. The Morgan fingerprint density at radius 2 is 2.17 bits per heavy atom. The van der Waals surface area contributed by atoms with Crippen LogP contribution in [0.3, 0.4) is 0 Å². The monoisotopic (exact) mass is 345 g/mol. The van der Waals surface area contributed by atoms with E-state index in [0.29, 0.717) is 0 Å². The number of morpholine rings is 1. The molecule has 132 valence electrons. The number of ether oxygens (including phenoxy) is 3. The van der Waals surface area contributed by atoms with Crippen molar-refractivity contribution in [3.63, 3.8) is 0 Å². The van der Waals surface area contributed by atoms with E-state index in [9.17, 15) is 18.4 Å². The van der Waals surface area contributed by atoms with Crippen LogP contribution in [-0.2, 0) is 9.53 Å². The van der Waals surface area contributed by atoms with Gasteiger partial charge in [-0.1, -0.05) is 0 Å². The molecule has 1 aliphatic rings. The predicted octanol–water partition coefficient (Wildman–Crippen LogP) is 1.61. The molecule has 0 aliphatic carbocycles. The molecule has 0 radical (unpaired) electrons. The van der Waals surface area contributed by atoms with Crippen molar-refractivity contribution in [2.24, 2.45) is 0 Å². The molecule has 1 aromatic carbocycles. The fraction of sp³-hybridized carbons (Fsp3) is 0.467. The number of carbonyl (C=O) groups is 2. The van der Waals surface area contributed by atoms with Gasteiger partial charge in [0.15, 0.2) is 11.5 Å². The van der Waals surface area contributed by atoms with Crippen molar-refractivity contribution in [2.45, 2.75) is 19.1 Å². The molecule has 0 spiro atoms. The van der Waals surface area contributed by atoms with Crippen molar-refractivity contribution in [2.75, 3.05) is 26.8 Å². The van der Waals surface area contributed by atoms with Gasteiger partial charge in [-0.15, -0.1) is 0 Å². The molecule has 0 aromatic heterocycles. The maximum atomic E-state index is 12.5. The average molecular weight is 345 g/mol. The number of carboxylic acid groups (broad SMARTS) is 1. The Morgan fingerprint density at radius 3 is 2.79 bits per heavy atom. The van der Waals surface area contributed by atoms with Crippen LogP contribution in [0.25, 0.3) is 0 Å². The Bertz CT molecular complexity index is 610. The maximum absolute atomic E-state index is 12.5. The Balaban J connectivity index is 2.15. The molecule has 1 fully saturated rings. The zero-order valence-electron chi connectivity index (χ0n) is 12.9. The first-order valence-electron chi connectivity index (χ1n) is 7.16. The molecule has 24 heavy (non-hydrogen) atoms. The molecular weight excluding hydrogens is 328 g/mol. The van der Waals surface area contributed by atoms with Crippen molar-refractivity contribution < 1.29 is 37.7 Å². The summed E-state index contributed by atoms with van der Waals surface area (Å²) in [6.45, 7) is -2.44. The Morgan fingerprint density at radius 1 is 1.42 bits per heavy atom. The van der Waals surface area contributed by atoms with Crippen LogP contribution in [0.5, 0.6) is 11.5 Å². The summed E-state index contributed by atoms with van der Waals surface area (Å²) in [5, 5.41) is 8.80. The Hall–Kier alpha value is -2.42. The number of hydrogen-bond donors (Lipinski definition) is 1. The SMILES string of the molecule is COc1ccc(C(=O)N2CCOC(CC(=O)O)C2)cc1OC(F)F. The standard InChI is InChI=1S/C15H17F2NO6/c1-22-11-3-2-9(6-12(11)24-15(16)17)14(21)18-4-5-23-10(8-18)7-13(19)20/h2-3,6,10,15H,4-5,7-8H2,1H3,(H,19,20). The summed E-state index contributed by atoms with van der Waals surface area (Å²) in [6, 6.07) is 3.97. The van der Waals surface area contributed by atoms with Crippen molar-refractivity contribution in [1.29, 1.82) is 0 Å². The molecule has 7 nitrogen and oxygen atoms in total. The van der Waals surface area contributed by atoms with Crippen LogP contribution in [0.1, 0.15) is 16.8 Å². The minimum atomic E-state index is -3.05. The van der Waals surface area contributed by atoms with Gasteiger partial charge in [0.05, 0.1) is 26.2 Å². The highest BCUT2D eigenvalue weighted by Crippen LogP contribution is 2.30. The number of benzene rings is 1. The molecule has 0 bridgehead atoms. The molecule has 0 saturated carbocycles. The van der Waals surface area contributed by atoms with Gasteiger partial charge in [0.2, 0.25) is 0 Å². The lowest BCUT2D eigenvalue weighted by Gasteiger charge is -2.32. The Labute approximate surface area is 136 Å². The summed E-state index contributed by atoms with van der Waals surface area (Å²) in [6.07, 6.45) is -0.818. The Kier molecular flexibility index (Phi) is 5.91. The molecule has 1 amide bonds. The lowest BCUT2D eigenvalue weighted by Crippen LogP contribution is -2.46. The average Bonchev–Trinajstić information content (AvgIpc) is 2.53. The molecule has 1 aliphatic heterocycles. The van der Waals surface area contributed by atoms with E-state index in [2.05, 4.69) is 4.74 Å². The highest BCUT2D eigenvalue weighted by atomic mass is 19.3. The van der Waals surface area contributed by atoms with Gasteiger partial charge in [-0.3, -0.25) is 9.59 Å². The van der Waals surface area contributed by atoms with E-state index in [1.807, 2.05) is 0 Å². The summed E-state index contributed by atoms with van der Waals surface area (Å²) in [5.41, 5.74) is 0.141. The van der Waals surface area contributed by atoms with Crippen LogP contribution in [0, 0.1) is 0 Å². The van der Waals surface area contributed by atoms with Gasteiger partial charge in [0.1, 0.15) is 0 Å². The normalized spacial score (nSPS) is 17.7. The van der Waals surface area contributed by atoms with Crippen LogP contribution in [-0.4, -0.2) is 61.4 Å². The third-order valence-corrected chi connectivity index (χ3v) is 3.45. The van der Waals surface area contributed by atoms with Crippen LogP contribution in [0.4, 0.5) is 8.78 Å². The van der Waals surface area contributed by atoms with Gasteiger partial charge in [0.25, 0.3) is 5.91 Å². The second kappa shape index (κ2) is 7.91. The van der Waals surface area contributed by atoms with Gasteiger partial charge in [-0.05, 0) is 18.2 Å². The van der Waals surface area contributed by atoms with E-state index in [1.165, 1.54) is 30.2 Å². The topological polar surface area (TPSA) is 85.3 Å². The third-order valence-electron chi connectivity index (χ3n) is 3.45. The highest BCUT2D eigenvalue weighted by molar-refractivity contribution is 5.95. The number of aliphatic carboxylic acids is 1. The number of halogens is 2. The quantitative estimate of drug-likeness (QED) is 0.843. The summed E-state index contributed by atoms with van der Waals surface area (Å²) < 4.78 is 39.5. The lowest BCUT2D eigenvalue weighted by molar-refractivity contribution is -0.141. The van der Waals surface area contributed by atoms with Crippen molar-refractivity contribution in [1.82, 2.24) is 4.90 Å². The lowest BCUT2D eigenvalue weighted by atomic mass is 10.1. The maximum Gasteiger partial charge on any atom is 0.387 e. The van der Waals surface area contributed by atoms with Crippen molar-refractivity contribution in [3.8, 4) is 11.5 Å². The van der Waals surface area contributed by atoms with Crippen molar-refractivity contribution in [3.05, 3.63) is 23.8 Å². The fourth-order valence-electron chi connectivity index (χ4n) is 2.40. The number of nitrogens with zero attached hydrogens (tertiary/aromatic N) is 1. The second-order valence-corrected chi connectivity index (χ2v) is 5.09. The minimum Gasteiger partial charge on any atom is -0.493 e. The number of carboxylic acids is 1. The van der Waals surface area contributed by atoms with Crippen LogP contribution >= 0.6 is 0 Å². The van der Waals surface area contributed by atoms with Crippen LogP contribution in [0.15, 0.2) is 18.2 Å². The first-order chi connectivity index (χ1) is 11.4. The summed E-state index contributed by atoms with van der Waals surface area (Å²) in [5.74, 6) is -1.60. The second-order valence-electron chi connectivity index (χ2n) is 5.09. The molecule has 1 atom stereocenters. The summed E-state index contributed by atoms with van der Waals surface area (Å²) in [7, 11) is 1.30. The fourth-order valence-corrected chi connectivity index (χ4v) is 2.40. The predicted molar refractivity (Wildman–Crippen MR) is 77.5 cm³/mol.